The summed E-state index contributed by atoms with van der Waals surface area (Å²) in [5, 5.41) is 0. The van der Waals surface area contributed by atoms with Crippen molar-refractivity contribution in [1.82, 2.24) is 9.97 Å². The van der Waals surface area contributed by atoms with Gasteiger partial charge in [0.05, 0.1) is 18.9 Å². The van der Waals surface area contributed by atoms with E-state index in [-0.39, 0.29) is 0 Å². The molecule has 1 aromatic rings. The van der Waals surface area contributed by atoms with E-state index in [1.807, 2.05) is 18.1 Å². The molecule has 0 unspecified atom stereocenters. The van der Waals surface area contributed by atoms with Gasteiger partial charge in [-0.25, -0.2) is 9.97 Å². The number of ether oxygens (including phenoxy) is 1. The predicted octanol–water partition coefficient (Wildman–Crippen LogP) is 0.292. The van der Waals surface area contributed by atoms with Gasteiger partial charge in [0.25, 0.3) is 0 Å². The Labute approximate surface area is 89.3 Å². The Balaban J connectivity index is 2.08. The molecule has 1 aliphatic rings. The van der Waals surface area contributed by atoms with Gasteiger partial charge in [0.2, 0.25) is 5.95 Å². The second-order valence-corrected chi connectivity index (χ2v) is 3.70. The molecule has 0 aliphatic carbocycles. The molecular formula is C10H16N4O. The van der Waals surface area contributed by atoms with Crippen LogP contribution in [0, 0.1) is 0 Å². The third-order valence-corrected chi connectivity index (χ3v) is 2.48. The first-order valence-corrected chi connectivity index (χ1v) is 5.15. The van der Waals surface area contributed by atoms with Crippen LogP contribution in [0.4, 0.5) is 5.95 Å². The van der Waals surface area contributed by atoms with Crippen LogP contribution in [0.3, 0.4) is 0 Å². The number of anilines is 1. The lowest BCUT2D eigenvalue weighted by Crippen LogP contribution is -2.23. The summed E-state index contributed by atoms with van der Waals surface area (Å²) in [5.74, 6) is 0.757. The summed E-state index contributed by atoms with van der Waals surface area (Å²) >= 11 is 0. The van der Waals surface area contributed by atoms with Crippen molar-refractivity contribution in [2.45, 2.75) is 19.6 Å². The topological polar surface area (TPSA) is 64.3 Å². The third kappa shape index (κ3) is 2.24. The summed E-state index contributed by atoms with van der Waals surface area (Å²) in [7, 11) is 1.98. The molecule has 0 spiro atoms. The van der Waals surface area contributed by atoms with Gasteiger partial charge in [-0.2, -0.15) is 0 Å². The molecule has 82 valence electrons. The number of nitrogens with zero attached hydrogens (tertiary/aromatic N) is 3. The average Bonchev–Trinajstić information content (AvgIpc) is 2.72. The van der Waals surface area contributed by atoms with Gasteiger partial charge in [-0.3, -0.25) is 0 Å². The molecule has 2 rings (SSSR count). The van der Waals surface area contributed by atoms with Gasteiger partial charge in [-0.15, -0.1) is 0 Å². The molecule has 0 bridgehead atoms. The molecule has 1 aromatic heterocycles. The Kier molecular flexibility index (Phi) is 3.13. The Morgan fingerprint density at radius 2 is 2.40 bits per heavy atom. The summed E-state index contributed by atoms with van der Waals surface area (Å²) in [6.07, 6.45) is 2.80. The predicted molar refractivity (Wildman–Crippen MR) is 57.5 cm³/mol. The number of hydrogen-bond donors (Lipinski definition) is 1. The summed E-state index contributed by atoms with van der Waals surface area (Å²) < 4.78 is 5.29. The minimum absolute atomic E-state index is 0.607. The van der Waals surface area contributed by atoms with Gasteiger partial charge in [-0.1, -0.05) is 0 Å². The molecule has 1 aliphatic heterocycles. The lowest BCUT2D eigenvalue weighted by Gasteiger charge is -2.16. The molecule has 2 heterocycles. The van der Waals surface area contributed by atoms with Crippen LogP contribution in [-0.4, -0.2) is 30.1 Å². The van der Waals surface area contributed by atoms with Crippen LogP contribution in [0.2, 0.25) is 0 Å². The van der Waals surface area contributed by atoms with Crippen molar-refractivity contribution in [3.05, 3.63) is 17.5 Å². The van der Waals surface area contributed by atoms with E-state index in [1.54, 1.807) is 0 Å². The van der Waals surface area contributed by atoms with Gasteiger partial charge >= 0.3 is 0 Å². The Hall–Kier alpha value is -1.20. The van der Waals surface area contributed by atoms with E-state index in [0.29, 0.717) is 19.8 Å². The fourth-order valence-electron chi connectivity index (χ4n) is 1.55. The van der Waals surface area contributed by atoms with Crippen LogP contribution in [0.1, 0.15) is 17.7 Å². The Morgan fingerprint density at radius 3 is 3.20 bits per heavy atom. The van der Waals surface area contributed by atoms with E-state index in [0.717, 1.165) is 30.2 Å². The van der Waals surface area contributed by atoms with Gasteiger partial charge in [-0.05, 0) is 13.0 Å². The van der Waals surface area contributed by atoms with E-state index in [2.05, 4.69) is 9.97 Å². The standard InChI is InChI=1S/C10H16N4O/c1-14(4-2-3-11)10-12-5-8-6-15-7-9(8)13-10/h5H,2-4,6-7,11H2,1H3. The third-order valence-electron chi connectivity index (χ3n) is 2.48. The van der Waals surface area contributed by atoms with Gasteiger partial charge in [0, 0.05) is 25.4 Å². The van der Waals surface area contributed by atoms with Crippen LogP contribution in [0.15, 0.2) is 6.20 Å². The molecule has 0 amide bonds. The fourth-order valence-corrected chi connectivity index (χ4v) is 1.55. The maximum absolute atomic E-state index is 5.46. The Bertz CT molecular complexity index is 342. The first-order chi connectivity index (χ1) is 7.31. The normalized spacial score (nSPS) is 14.0. The molecule has 0 fully saturated rings. The number of nitrogens with two attached hydrogens (primary N) is 1. The smallest absolute Gasteiger partial charge is 0.225 e. The van der Waals surface area contributed by atoms with Crippen molar-refractivity contribution in [3.8, 4) is 0 Å². The maximum atomic E-state index is 5.46. The van der Waals surface area contributed by atoms with Crippen LogP contribution >= 0.6 is 0 Å². The minimum atomic E-state index is 0.607. The van der Waals surface area contributed by atoms with Crippen molar-refractivity contribution in [1.29, 1.82) is 0 Å². The van der Waals surface area contributed by atoms with Crippen LogP contribution in [-0.2, 0) is 18.0 Å². The zero-order valence-electron chi connectivity index (χ0n) is 8.94. The van der Waals surface area contributed by atoms with Gasteiger partial charge < -0.3 is 15.4 Å². The monoisotopic (exact) mass is 208 g/mol. The molecule has 5 heteroatoms. The highest BCUT2D eigenvalue weighted by molar-refractivity contribution is 5.32. The molecule has 0 radical (unpaired) electrons. The second-order valence-electron chi connectivity index (χ2n) is 3.70. The van der Waals surface area contributed by atoms with Crippen molar-refractivity contribution in [2.75, 3.05) is 25.0 Å². The highest BCUT2D eigenvalue weighted by Gasteiger charge is 2.15. The number of rotatable bonds is 4. The van der Waals surface area contributed by atoms with E-state index < -0.39 is 0 Å². The molecule has 5 nitrogen and oxygen atoms in total. The average molecular weight is 208 g/mol. The summed E-state index contributed by atoms with van der Waals surface area (Å²) in [4.78, 5) is 10.8. The summed E-state index contributed by atoms with van der Waals surface area (Å²) in [5.41, 5.74) is 7.57. The van der Waals surface area contributed by atoms with Gasteiger partial charge in [0.1, 0.15) is 0 Å². The van der Waals surface area contributed by atoms with Crippen LogP contribution in [0.25, 0.3) is 0 Å². The van der Waals surface area contributed by atoms with Crippen molar-refractivity contribution < 1.29 is 4.74 Å². The molecular weight excluding hydrogens is 192 g/mol. The van der Waals surface area contributed by atoms with Gasteiger partial charge in [0.15, 0.2) is 0 Å². The summed E-state index contributed by atoms with van der Waals surface area (Å²) in [6, 6.07) is 0. The van der Waals surface area contributed by atoms with E-state index in [1.165, 1.54) is 0 Å². The van der Waals surface area contributed by atoms with E-state index >= 15 is 0 Å². The Morgan fingerprint density at radius 1 is 1.53 bits per heavy atom. The van der Waals surface area contributed by atoms with Crippen LogP contribution < -0.4 is 10.6 Å². The van der Waals surface area contributed by atoms with E-state index in [9.17, 15) is 0 Å². The molecule has 15 heavy (non-hydrogen) atoms. The minimum Gasteiger partial charge on any atom is -0.370 e. The SMILES string of the molecule is CN(CCCN)c1ncc2c(n1)COC2. The highest BCUT2D eigenvalue weighted by atomic mass is 16.5. The molecule has 2 N–H and O–H groups in total. The van der Waals surface area contributed by atoms with E-state index in [4.69, 9.17) is 10.5 Å². The zero-order chi connectivity index (χ0) is 10.7. The first-order valence-electron chi connectivity index (χ1n) is 5.15. The second kappa shape index (κ2) is 4.55. The highest BCUT2D eigenvalue weighted by Crippen LogP contribution is 2.18. The number of hydrogen-bond acceptors (Lipinski definition) is 5. The largest absolute Gasteiger partial charge is 0.370 e. The molecule has 0 atom stereocenters. The molecule has 0 saturated heterocycles. The van der Waals surface area contributed by atoms with Crippen LogP contribution in [0.5, 0.6) is 0 Å². The van der Waals surface area contributed by atoms with Crippen molar-refractivity contribution in [3.63, 3.8) is 0 Å². The first kappa shape index (κ1) is 10.3. The fraction of sp³-hybridized carbons (Fsp3) is 0.600. The lowest BCUT2D eigenvalue weighted by atomic mass is 10.3. The zero-order valence-corrected chi connectivity index (χ0v) is 8.94. The lowest BCUT2D eigenvalue weighted by molar-refractivity contribution is 0.133. The maximum Gasteiger partial charge on any atom is 0.225 e. The van der Waals surface area contributed by atoms with Crippen molar-refractivity contribution in [2.24, 2.45) is 5.73 Å². The molecule has 0 aromatic carbocycles. The molecule has 0 saturated carbocycles. The number of aromatic nitrogens is 2. The van der Waals surface area contributed by atoms with Crippen molar-refractivity contribution >= 4 is 5.95 Å². The quantitative estimate of drug-likeness (QED) is 0.770. The summed E-state index contributed by atoms with van der Waals surface area (Å²) in [6.45, 7) is 2.83. The number of fused-ring (bicyclic) bond motifs is 1.